The van der Waals surface area contributed by atoms with Gasteiger partial charge in [0.05, 0.1) is 25.0 Å². The van der Waals surface area contributed by atoms with E-state index in [2.05, 4.69) is 20.3 Å². The number of nitrogens with one attached hydrogen (secondary N) is 3. The number of hydrogen-bond donors (Lipinski definition) is 3. The number of nitrogens with zero attached hydrogens (tertiary/aromatic N) is 2. The van der Waals surface area contributed by atoms with Crippen LogP contribution >= 0.6 is 0 Å². The van der Waals surface area contributed by atoms with Gasteiger partial charge in [-0.3, -0.25) is 19.1 Å². The number of hydrogen-bond acceptors (Lipinski definition) is 11. The molecule has 3 fully saturated rings. The Balaban J connectivity index is 1.35. The van der Waals surface area contributed by atoms with E-state index in [4.69, 9.17) is 18.9 Å². The number of rotatable bonds is 9. The fourth-order valence-electron chi connectivity index (χ4n) is 7.26. The van der Waals surface area contributed by atoms with E-state index in [-0.39, 0.29) is 54.8 Å². The minimum Gasteiger partial charge on any atom is -0.491 e. The molecule has 0 radical (unpaired) electrons. The maximum Gasteiger partial charge on any atom is 0.408 e. The molecule has 1 aromatic carbocycles. The zero-order chi connectivity index (χ0) is 40.6. The van der Waals surface area contributed by atoms with Gasteiger partial charge in [0, 0.05) is 23.8 Å². The quantitative estimate of drug-likeness (QED) is 0.305. The van der Waals surface area contributed by atoms with Gasteiger partial charge < -0.3 is 34.5 Å². The van der Waals surface area contributed by atoms with E-state index in [0.29, 0.717) is 31.1 Å². The predicted molar refractivity (Wildman–Crippen MR) is 203 cm³/mol. The molecule has 15 nitrogen and oxygen atoms in total. The third kappa shape index (κ3) is 9.30. The number of carbonyl (C=O) groups is 4. The number of methoxy groups -OCH3 is 1. The van der Waals surface area contributed by atoms with Crippen molar-refractivity contribution in [3.8, 4) is 17.4 Å². The number of aromatic nitrogens is 1. The lowest BCUT2D eigenvalue weighted by atomic mass is 10.0. The SMILES string of the molecule is COc1c(F)ccc2c(O[C@@H]3CC4C(=O)N[C@]5(C(=O)NS(=O)(=O)C6CC6)C[C@H]5/C=C\CCCCC[C@H](NC(=O)OC(C)(C)C)C(=O)N4C3)cc(OC(C)C)nc12. The van der Waals surface area contributed by atoms with E-state index >= 15 is 0 Å². The maximum atomic E-state index is 14.8. The Bertz CT molecular complexity index is 2000. The second-order valence-corrected chi connectivity index (χ2v) is 18.3. The first-order valence-corrected chi connectivity index (χ1v) is 20.8. The summed E-state index contributed by atoms with van der Waals surface area (Å²) >= 11 is 0. The number of fused-ring (bicyclic) bond motifs is 3. The zero-order valence-electron chi connectivity index (χ0n) is 32.7. The molecule has 6 rings (SSSR count). The molecule has 5 atom stereocenters. The van der Waals surface area contributed by atoms with Gasteiger partial charge in [-0.05, 0) is 85.3 Å². The molecule has 4 aliphatic rings. The fraction of sp³-hybridized carbons (Fsp3) is 0.615. The van der Waals surface area contributed by atoms with Gasteiger partial charge in [-0.15, -0.1) is 0 Å². The van der Waals surface area contributed by atoms with Crippen molar-refractivity contribution in [3.05, 3.63) is 36.2 Å². The molecule has 1 saturated heterocycles. The van der Waals surface area contributed by atoms with Crippen LogP contribution in [0.4, 0.5) is 9.18 Å². The summed E-state index contributed by atoms with van der Waals surface area (Å²) in [5, 5.41) is 5.30. The summed E-state index contributed by atoms with van der Waals surface area (Å²) in [6, 6.07) is 2.00. The highest BCUT2D eigenvalue weighted by molar-refractivity contribution is 7.91. The molecule has 0 spiro atoms. The number of amides is 4. The lowest BCUT2D eigenvalue weighted by molar-refractivity contribution is -0.141. The van der Waals surface area contributed by atoms with Gasteiger partial charge in [0.25, 0.3) is 5.91 Å². The van der Waals surface area contributed by atoms with Crippen LogP contribution in [0.1, 0.15) is 92.4 Å². The molecule has 2 aliphatic carbocycles. The first-order valence-electron chi connectivity index (χ1n) is 19.3. The highest BCUT2D eigenvalue weighted by atomic mass is 32.2. The van der Waals surface area contributed by atoms with Crippen molar-refractivity contribution in [2.75, 3.05) is 13.7 Å². The Kier molecular flexibility index (Phi) is 11.8. The first kappa shape index (κ1) is 41.0. The summed E-state index contributed by atoms with van der Waals surface area (Å²) in [6.45, 7) is 8.62. The van der Waals surface area contributed by atoms with Crippen LogP contribution in [0, 0.1) is 11.7 Å². The molecular weight excluding hydrogens is 750 g/mol. The van der Waals surface area contributed by atoms with Crippen molar-refractivity contribution in [2.24, 2.45) is 5.92 Å². The molecule has 306 valence electrons. The number of carbonyl (C=O) groups excluding carboxylic acids is 4. The van der Waals surface area contributed by atoms with Crippen molar-refractivity contribution < 1.29 is 50.9 Å². The Labute approximate surface area is 326 Å². The van der Waals surface area contributed by atoms with Gasteiger partial charge in [-0.2, -0.15) is 0 Å². The number of halogens is 1. The van der Waals surface area contributed by atoms with Crippen molar-refractivity contribution >= 4 is 44.7 Å². The van der Waals surface area contributed by atoms with Crippen LogP contribution in [0.15, 0.2) is 30.4 Å². The first-order chi connectivity index (χ1) is 26.4. The molecule has 1 unspecified atom stereocenters. The molecule has 4 amide bonds. The number of sulfonamides is 1. The molecule has 2 aliphatic heterocycles. The molecule has 3 heterocycles. The summed E-state index contributed by atoms with van der Waals surface area (Å²) in [6.07, 6.45) is 5.88. The molecule has 0 bridgehead atoms. The van der Waals surface area contributed by atoms with E-state index in [1.54, 1.807) is 40.7 Å². The fourth-order valence-corrected chi connectivity index (χ4v) is 8.62. The summed E-state index contributed by atoms with van der Waals surface area (Å²) < 4.78 is 66.0. The number of benzene rings is 1. The topological polar surface area (TPSA) is 192 Å². The average Bonchev–Trinajstić information content (AvgIpc) is 4.02. The Hall–Kier alpha value is -4.67. The molecular formula is C39H52FN5O10S. The molecule has 2 saturated carbocycles. The number of alkyl carbamates (subject to hydrolysis) is 1. The number of pyridine rings is 1. The van der Waals surface area contributed by atoms with E-state index < -0.39 is 80.2 Å². The van der Waals surface area contributed by atoms with Crippen LogP contribution in [-0.4, -0.2) is 96.5 Å². The van der Waals surface area contributed by atoms with Crippen molar-refractivity contribution in [2.45, 2.75) is 133 Å². The Morgan fingerprint density at radius 2 is 1.86 bits per heavy atom. The standard InChI is InChI=1S/C39H52FN5O10S/c1-22(2)53-31-19-30(26-16-17-27(40)33(52-6)32(26)42-31)54-24-18-29-34(46)43-39(36(48)44-56(50,51)25-14-15-25)20-23(39)12-10-8-7-9-11-13-28(35(47)45(29)21-24)41-37(49)55-38(3,4)5/h10,12,16-17,19,22-25,28-29H,7-9,11,13-15,18,20-21H2,1-6H3,(H,41,49)(H,43,46)(H,44,48)/b12-10-/t23-,24-,28+,29?,39-/m1/s1. The molecule has 3 N–H and O–H groups in total. The van der Waals surface area contributed by atoms with E-state index in [1.807, 2.05) is 12.2 Å². The monoisotopic (exact) mass is 801 g/mol. The lowest BCUT2D eigenvalue weighted by Gasteiger charge is -2.30. The Morgan fingerprint density at radius 1 is 1.11 bits per heavy atom. The second kappa shape index (κ2) is 16.1. The lowest BCUT2D eigenvalue weighted by Crippen LogP contribution is -2.58. The van der Waals surface area contributed by atoms with Gasteiger partial charge in [-0.1, -0.05) is 25.0 Å². The smallest absolute Gasteiger partial charge is 0.408 e. The Morgan fingerprint density at radius 3 is 2.54 bits per heavy atom. The van der Waals surface area contributed by atoms with Gasteiger partial charge in [0.2, 0.25) is 27.7 Å². The largest absolute Gasteiger partial charge is 0.491 e. The zero-order valence-corrected chi connectivity index (χ0v) is 33.5. The highest BCUT2D eigenvalue weighted by Crippen LogP contribution is 2.46. The van der Waals surface area contributed by atoms with Gasteiger partial charge in [-0.25, -0.2) is 22.6 Å². The molecule has 2 aromatic rings. The number of allylic oxidation sites excluding steroid dienone is 1. The summed E-state index contributed by atoms with van der Waals surface area (Å²) in [7, 11) is -2.61. The molecule has 56 heavy (non-hydrogen) atoms. The van der Waals surface area contributed by atoms with Crippen molar-refractivity contribution in [1.82, 2.24) is 25.2 Å². The van der Waals surface area contributed by atoms with E-state index in [9.17, 15) is 32.0 Å². The minimum atomic E-state index is -3.93. The van der Waals surface area contributed by atoms with Gasteiger partial charge in [0.15, 0.2) is 11.6 Å². The van der Waals surface area contributed by atoms with Gasteiger partial charge >= 0.3 is 6.09 Å². The summed E-state index contributed by atoms with van der Waals surface area (Å²) in [4.78, 5) is 61.6. The van der Waals surface area contributed by atoms with Gasteiger partial charge in [0.1, 0.15) is 40.6 Å². The minimum absolute atomic E-state index is 0.0438. The second-order valence-electron chi connectivity index (χ2n) is 16.3. The van der Waals surface area contributed by atoms with Crippen LogP contribution in [0.5, 0.6) is 17.4 Å². The van der Waals surface area contributed by atoms with Crippen LogP contribution < -0.4 is 29.6 Å². The summed E-state index contributed by atoms with van der Waals surface area (Å²) in [5.41, 5.74) is -2.25. The third-order valence-electron chi connectivity index (χ3n) is 10.2. The van der Waals surface area contributed by atoms with Crippen molar-refractivity contribution in [1.29, 1.82) is 0 Å². The van der Waals surface area contributed by atoms with Crippen LogP contribution in [0.3, 0.4) is 0 Å². The van der Waals surface area contributed by atoms with Crippen LogP contribution in [0.25, 0.3) is 10.9 Å². The van der Waals surface area contributed by atoms with E-state index in [1.165, 1.54) is 24.1 Å². The molecule has 17 heteroatoms. The average molecular weight is 802 g/mol. The van der Waals surface area contributed by atoms with Crippen LogP contribution in [-0.2, 0) is 29.1 Å². The highest BCUT2D eigenvalue weighted by Gasteiger charge is 2.62. The third-order valence-corrected chi connectivity index (χ3v) is 12.0. The maximum absolute atomic E-state index is 14.8. The summed E-state index contributed by atoms with van der Waals surface area (Å²) in [5.74, 6) is -2.92. The molecule has 1 aromatic heterocycles. The predicted octanol–water partition coefficient (Wildman–Crippen LogP) is 4.41. The van der Waals surface area contributed by atoms with E-state index in [0.717, 1.165) is 12.8 Å². The van der Waals surface area contributed by atoms with Crippen LogP contribution in [0.2, 0.25) is 0 Å². The normalized spacial score (nSPS) is 26.5. The van der Waals surface area contributed by atoms with Crippen molar-refractivity contribution in [3.63, 3.8) is 0 Å². The number of ether oxygens (including phenoxy) is 4.